The Hall–Kier alpha value is -0.240. The van der Waals surface area contributed by atoms with E-state index >= 15 is 0 Å². The summed E-state index contributed by atoms with van der Waals surface area (Å²) in [7, 11) is 1.33. The molecule has 0 aliphatic heterocycles. The molecule has 0 aromatic carbocycles. The summed E-state index contributed by atoms with van der Waals surface area (Å²) in [5.41, 5.74) is 0. The average Bonchev–Trinajstić information content (AvgIpc) is 1.84. The van der Waals surface area contributed by atoms with Gasteiger partial charge in [0.25, 0.3) is 0 Å². The molecule has 54 valence electrons. The molecule has 0 bridgehead atoms. The van der Waals surface area contributed by atoms with Gasteiger partial charge in [-0.25, -0.2) is 0 Å². The van der Waals surface area contributed by atoms with Crippen LogP contribution in [0.25, 0.3) is 0 Å². The number of ether oxygens (including phenoxy) is 1. The number of methoxy groups -OCH3 is 1. The van der Waals surface area contributed by atoms with Crippen LogP contribution in [0.5, 0.6) is 0 Å². The second-order valence-electron chi connectivity index (χ2n) is 2.17. The van der Waals surface area contributed by atoms with Crippen LogP contribution in [0.15, 0.2) is 0 Å². The van der Waals surface area contributed by atoms with Gasteiger partial charge in [-0.3, -0.25) is 4.79 Å². The minimum atomic E-state index is -0.505. The number of hydrogen-bond donors (Lipinski definition) is 0. The third kappa shape index (κ3) is 2.70. The molecule has 0 amide bonds. The van der Waals surface area contributed by atoms with E-state index in [4.69, 9.17) is 11.6 Å². The van der Waals surface area contributed by atoms with Crippen molar-refractivity contribution < 1.29 is 9.53 Å². The standard InChI is InChI=1S/C6H11ClO2/c1-4(2)5(7)6(8)9-3/h4-5H,1-3H3. The van der Waals surface area contributed by atoms with E-state index in [9.17, 15) is 4.79 Å². The van der Waals surface area contributed by atoms with Crippen molar-refractivity contribution in [3.63, 3.8) is 0 Å². The van der Waals surface area contributed by atoms with Gasteiger partial charge in [0.2, 0.25) is 0 Å². The molecule has 0 aliphatic rings. The van der Waals surface area contributed by atoms with Crippen LogP contribution in [0, 0.1) is 5.92 Å². The Morgan fingerprint density at radius 3 is 2.11 bits per heavy atom. The number of rotatable bonds is 2. The molecular weight excluding hydrogens is 140 g/mol. The van der Waals surface area contributed by atoms with Crippen molar-refractivity contribution in [2.75, 3.05) is 7.11 Å². The summed E-state index contributed by atoms with van der Waals surface area (Å²) in [5, 5.41) is -0.505. The van der Waals surface area contributed by atoms with Gasteiger partial charge in [-0.15, -0.1) is 11.6 Å². The van der Waals surface area contributed by atoms with E-state index < -0.39 is 5.38 Å². The molecule has 0 rings (SSSR count). The number of esters is 1. The summed E-state index contributed by atoms with van der Waals surface area (Å²) in [6.07, 6.45) is 0. The van der Waals surface area contributed by atoms with Crippen LogP contribution in [0.1, 0.15) is 13.8 Å². The van der Waals surface area contributed by atoms with E-state index in [0.29, 0.717) is 0 Å². The largest absolute Gasteiger partial charge is 0.468 e. The second kappa shape index (κ2) is 3.72. The number of carbonyl (C=O) groups is 1. The Labute approximate surface area is 60.1 Å². The molecule has 1 unspecified atom stereocenters. The first-order chi connectivity index (χ1) is 4.09. The summed E-state index contributed by atoms with van der Waals surface area (Å²) in [5.74, 6) is -0.217. The van der Waals surface area contributed by atoms with Gasteiger partial charge in [0.05, 0.1) is 7.11 Å². The first-order valence-electron chi connectivity index (χ1n) is 2.81. The molecule has 9 heavy (non-hydrogen) atoms. The van der Waals surface area contributed by atoms with E-state index in [-0.39, 0.29) is 11.9 Å². The fourth-order valence-corrected chi connectivity index (χ4v) is 0.474. The number of halogens is 1. The lowest BCUT2D eigenvalue weighted by molar-refractivity contribution is -0.140. The van der Waals surface area contributed by atoms with Crippen molar-refractivity contribution in [2.45, 2.75) is 19.2 Å². The number of hydrogen-bond acceptors (Lipinski definition) is 2. The third-order valence-electron chi connectivity index (χ3n) is 1.01. The minimum Gasteiger partial charge on any atom is -0.468 e. The van der Waals surface area contributed by atoms with Gasteiger partial charge in [-0.05, 0) is 5.92 Å². The molecule has 0 saturated carbocycles. The molecule has 0 aliphatic carbocycles. The van der Waals surface area contributed by atoms with E-state index in [1.807, 2.05) is 13.8 Å². The number of alkyl halides is 1. The summed E-state index contributed by atoms with van der Waals surface area (Å²) in [6, 6.07) is 0. The zero-order chi connectivity index (χ0) is 7.44. The molecule has 0 N–H and O–H groups in total. The quantitative estimate of drug-likeness (QED) is 0.440. The minimum absolute atomic E-state index is 0.138. The van der Waals surface area contributed by atoms with Gasteiger partial charge in [-0.2, -0.15) is 0 Å². The van der Waals surface area contributed by atoms with Gasteiger partial charge in [0, 0.05) is 0 Å². The molecule has 0 aromatic heterocycles. The lowest BCUT2D eigenvalue weighted by Gasteiger charge is -2.08. The highest BCUT2D eigenvalue weighted by atomic mass is 35.5. The smallest absolute Gasteiger partial charge is 0.324 e. The Bertz CT molecular complexity index is 101. The van der Waals surface area contributed by atoms with Crippen LogP contribution >= 0.6 is 11.6 Å². The Morgan fingerprint density at radius 2 is 2.00 bits per heavy atom. The van der Waals surface area contributed by atoms with E-state index in [0.717, 1.165) is 0 Å². The van der Waals surface area contributed by atoms with Crippen LogP contribution in [-0.2, 0) is 9.53 Å². The fourth-order valence-electron chi connectivity index (χ4n) is 0.385. The maximum Gasteiger partial charge on any atom is 0.324 e. The van der Waals surface area contributed by atoms with Gasteiger partial charge in [0.15, 0.2) is 0 Å². The topological polar surface area (TPSA) is 26.3 Å². The van der Waals surface area contributed by atoms with Gasteiger partial charge >= 0.3 is 5.97 Å². The normalized spacial score (nSPS) is 13.4. The molecule has 2 nitrogen and oxygen atoms in total. The molecule has 3 heteroatoms. The van der Waals surface area contributed by atoms with Crippen molar-refractivity contribution in [2.24, 2.45) is 5.92 Å². The van der Waals surface area contributed by atoms with Crippen LogP contribution < -0.4 is 0 Å². The highest BCUT2D eigenvalue weighted by Crippen LogP contribution is 2.09. The molecule has 0 fully saturated rings. The molecule has 0 aromatic rings. The van der Waals surface area contributed by atoms with Gasteiger partial charge in [0.1, 0.15) is 5.38 Å². The Morgan fingerprint density at radius 1 is 1.56 bits per heavy atom. The SMILES string of the molecule is COC(=O)C(Cl)C(C)C. The van der Waals surface area contributed by atoms with Crippen molar-refractivity contribution >= 4 is 17.6 Å². The lowest BCUT2D eigenvalue weighted by Crippen LogP contribution is -2.21. The first kappa shape index (κ1) is 8.76. The molecule has 0 heterocycles. The highest BCUT2D eigenvalue weighted by Gasteiger charge is 2.18. The molecule has 0 saturated heterocycles. The summed E-state index contributed by atoms with van der Waals surface area (Å²) >= 11 is 5.59. The van der Waals surface area contributed by atoms with Gasteiger partial charge in [-0.1, -0.05) is 13.8 Å². The van der Waals surface area contributed by atoms with Crippen LogP contribution in [-0.4, -0.2) is 18.5 Å². The van der Waals surface area contributed by atoms with E-state index in [2.05, 4.69) is 4.74 Å². The van der Waals surface area contributed by atoms with Crippen LogP contribution in [0.3, 0.4) is 0 Å². The zero-order valence-corrected chi connectivity index (χ0v) is 6.61. The fraction of sp³-hybridized carbons (Fsp3) is 0.833. The Kier molecular flexibility index (Phi) is 3.62. The van der Waals surface area contributed by atoms with Crippen molar-refractivity contribution in [3.8, 4) is 0 Å². The van der Waals surface area contributed by atoms with Crippen molar-refractivity contribution in [3.05, 3.63) is 0 Å². The van der Waals surface area contributed by atoms with Crippen LogP contribution in [0.2, 0.25) is 0 Å². The zero-order valence-electron chi connectivity index (χ0n) is 5.85. The highest BCUT2D eigenvalue weighted by molar-refractivity contribution is 6.30. The van der Waals surface area contributed by atoms with Crippen molar-refractivity contribution in [1.29, 1.82) is 0 Å². The van der Waals surface area contributed by atoms with E-state index in [1.54, 1.807) is 0 Å². The maximum absolute atomic E-state index is 10.6. The second-order valence-corrected chi connectivity index (χ2v) is 2.64. The maximum atomic E-state index is 10.6. The molecule has 1 atom stereocenters. The van der Waals surface area contributed by atoms with Crippen LogP contribution in [0.4, 0.5) is 0 Å². The Balaban J connectivity index is 3.72. The summed E-state index contributed by atoms with van der Waals surface area (Å²) < 4.78 is 4.40. The molecule has 0 spiro atoms. The first-order valence-corrected chi connectivity index (χ1v) is 3.25. The third-order valence-corrected chi connectivity index (χ3v) is 1.69. The van der Waals surface area contributed by atoms with E-state index in [1.165, 1.54) is 7.11 Å². The predicted molar refractivity (Wildman–Crippen MR) is 36.5 cm³/mol. The lowest BCUT2D eigenvalue weighted by atomic mass is 10.1. The van der Waals surface area contributed by atoms with Gasteiger partial charge < -0.3 is 4.74 Å². The number of carbonyl (C=O) groups excluding carboxylic acids is 1. The summed E-state index contributed by atoms with van der Waals surface area (Å²) in [6.45, 7) is 3.74. The molecular formula is C6H11ClO2. The average molecular weight is 151 g/mol. The predicted octanol–water partition coefficient (Wildman–Crippen LogP) is 1.42. The summed E-state index contributed by atoms with van der Waals surface area (Å²) in [4.78, 5) is 10.6. The monoisotopic (exact) mass is 150 g/mol. The van der Waals surface area contributed by atoms with Crippen molar-refractivity contribution in [1.82, 2.24) is 0 Å². The molecule has 0 radical (unpaired) electrons.